The van der Waals surface area contributed by atoms with Crippen molar-refractivity contribution in [2.75, 3.05) is 14.2 Å². The molecule has 172 valence electrons. The molecule has 5 aromatic rings. The fourth-order valence-electron chi connectivity index (χ4n) is 3.50. The van der Waals surface area contributed by atoms with Gasteiger partial charge in [0.1, 0.15) is 11.6 Å². The van der Waals surface area contributed by atoms with E-state index < -0.39 is 5.97 Å². The summed E-state index contributed by atoms with van der Waals surface area (Å²) < 4.78 is 21.6. The smallest absolute Gasteiger partial charge is 0.339 e. The standard InChI is InChI=1S/C24H19N3O5S2/c1-13-21-16(10-17(20-5-4-8-33-20)26-22(21)32-27-13)24(28)31-11-15-12-34-23(25-15)14-6-7-18(29-2)19(9-14)30-3/h4-10,12H,11H2,1-3H3. The summed E-state index contributed by atoms with van der Waals surface area (Å²) in [5, 5.41) is 9.12. The molecule has 0 saturated heterocycles. The predicted octanol–water partition coefficient (Wildman–Crippen LogP) is 5.76. The van der Waals surface area contributed by atoms with Crippen LogP contribution in [-0.4, -0.2) is 35.3 Å². The number of esters is 1. The molecule has 0 aliphatic heterocycles. The highest BCUT2D eigenvalue weighted by Crippen LogP contribution is 2.34. The Morgan fingerprint density at radius 3 is 2.68 bits per heavy atom. The van der Waals surface area contributed by atoms with Gasteiger partial charge in [-0.05, 0) is 42.6 Å². The van der Waals surface area contributed by atoms with Crippen molar-refractivity contribution in [3.8, 4) is 32.6 Å². The van der Waals surface area contributed by atoms with Crippen LogP contribution in [0.25, 0.3) is 32.2 Å². The molecular weight excluding hydrogens is 474 g/mol. The van der Waals surface area contributed by atoms with Crippen LogP contribution in [0, 0.1) is 6.92 Å². The van der Waals surface area contributed by atoms with Crippen molar-refractivity contribution in [3.63, 3.8) is 0 Å². The Labute approximate surface area is 202 Å². The largest absolute Gasteiger partial charge is 0.493 e. The first-order chi connectivity index (χ1) is 16.6. The van der Waals surface area contributed by atoms with Crippen molar-refractivity contribution < 1.29 is 23.5 Å². The number of fused-ring (bicyclic) bond motifs is 1. The van der Waals surface area contributed by atoms with Gasteiger partial charge in [-0.1, -0.05) is 11.2 Å². The second-order valence-corrected chi connectivity index (χ2v) is 9.08. The van der Waals surface area contributed by atoms with E-state index in [1.807, 2.05) is 41.1 Å². The number of carbonyl (C=O) groups excluding carboxylic acids is 1. The van der Waals surface area contributed by atoms with Crippen LogP contribution in [0.15, 0.2) is 51.7 Å². The van der Waals surface area contributed by atoms with Gasteiger partial charge in [0.25, 0.3) is 5.71 Å². The number of hydrogen-bond acceptors (Lipinski definition) is 10. The highest BCUT2D eigenvalue weighted by molar-refractivity contribution is 7.13. The molecule has 8 nitrogen and oxygen atoms in total. The summed E-state index contributed by atoms with van der Waals surface area (Å²) in [5.41, 5.74) is 3.42. The Kier molecular flexibility index (Phi) is 5.99. The van der Waals surface area contributed by atoms with Gasteiger partial charge < -0.3 is 18.7 Å². The Morgan fingerprint density at radius 2 is 1.91 bits per heavy atom. The zero-order valence-electron chi connectivity index (χ0n) is 18.5. The van der Waals surface area contributed by atoms with Crippen molar-refractivity contribution in [1.82, 2.24) is 15.1 Å². The fourth-order valence-corrected chi connectivity index (χ4v) is 4.99. The molecule has 10 heteroatoms. The first-order valence-electron chi connectivity index (χ1n) is 10.2. The van der Waals surface area contributed by atoms with E-state index >= 15 is 0 Å². The molecule has 0 saturated carbocycles. The fraction of sp³-hybridized carbons (Fsp3) is 0.167. The first-order valence-corrected chi connectivity index (χ1v) is 12.0. The Bertz CT molecular complexity index is 1470. The molecule has 34 heavy (non-hydrogen) atoms. The number of carbonyl (C=O) groups is 1. The summed E-state index contributed by atoms with van der Waals surface area (Å²) >= 11 is 2.98. The number of aryl methyl sites for hydroxylation is 1. The number of rotatable bonds is 7. The third-order valence-corrected chi connectivity index (χ3v) is 6.98. The number of methoxy groups -OCH3 is 2. The van der Waals surface area contributed by atoms with Crippen LogP contribution in [-0.2, 0) is 11.3 Å². The minimum atomic E-state index is -0.489. The number of aromatic nitrogens is 3. The number of ether oxygens (including phenoxy) is 3. The van der Waals surface area contributed by atoms with Crippen molar-refractivity contribution in [1.29, 1.82) is 0 Å². The van der Waals surface area contributed by atoms with Gasteiger partial charge in [-0.2, -0.15) is 0 Å². The van der Waals surface area contributed by atoms with Gasteiger partial charge in [0.15, 0.2) is 11.5 Å². The van der Waals surface area contributed by atoms with Crippen LogP contribution in [0.1, 0.15) is 21.7 Å². The van der Waals surface area contributed by atoms with Crippen molar-refractivity contribution in [2.45, 2.75) is 13.5 Å². The zero-order valence-corrected chi connectivity index (χ0v) is 20.2. The summed E-state index contributed by atoms with van der Waals surface area (Å²) in [4.78, 5) is 23.1. The summed E-state index contributed by atoms with van der Waals surface area (Å²) in [5.74, 6) is 0.777. The monoisotopic (exact) mass is 493 g/mol. The highest BCUT2D eigenvalue weighted by Gasteiger charge is 2.21. The first kappa shape index (κ1) is 22.1. The molecule has 0 spiro atoms. The normalized spacial score (nSPS) is 11.0. The van der Waals surface area contributed by atoms with Gasteiger partial charge in [-0.3, -0.25) is 0 Å². The average molecular weight is 494 g/mol. The van der Waals surface area contributed by atoms with Crippen LogP contribution in [0.5, 0.6) is 11.5 Å². The quantitative estimate of drug-likeness (QED) is 0.264. The lowest BCUT2D eigenvalue weighted by molar-refractivity contribution is 0.0470. The maximum Gasteiger partial charge on any atom is 0.339 e. The average Bonchev–Trinajstić information content (AvgIpc) is 3.63. The molecule has 0 amide bonds. The molecule has 0 aliphatic carbocycles. The molecule has 0 N–H and O–H groups in total. The molecule has 0 atom stereocenters. The minimum Gasteiger partial charge on any atom is -0.493 e. The van der Waals surface area contributed by atoms with Gasteiger partial charge in [0.2, 0.25) is 0 Å². The molecule has 0 unspecified atom stereocenters. The lowest BCUT2D eigenvalue weighted by Gasteiger charge is -2.08. The van der Waals surface area contributed by atoms with Gasteiger partial charge >= 0.3 is 5.97 Å². The number of benzene rings is 1. The molecule has 0 aliphatic rings. The number of nitrogens with zero attached hydrogens (tertiary/aromatic N) is 3. The van der Waals surface area contributed by atoms with E-state index in [0.717, 1.165) is 15.4 Å². The number of hydrogen-bond donors (Lipinski definition) is 0. The van der Waals surface area contributed by atoms with Gasteiger partial charge in [0, 0.05) is 10.9 Å². The SMILES string of the molecule is COc1ccc(-c2nc(COC(=O)c3cc(-c4cccs4)nc4onc(C)c34)cs2)cc1OC. The van der Waals surface area contributed by atoms with E-state index in [0.29, 0.717) is 45.2 Å². The summed E-state index contributed by atoms with van der Waals surface area (Å²) in [6, 6.07) is 11.2. The predicted molar refractivity (Wildman–Crippen MR) is 130 cm³/mol. The molecule has 1 aromatic carbocycles. The number of pyridine rings is 1. The molecule has 5 rings (SSSR count). The second-order valence-electron chi connectivity index (χ2n) is 7.27. The molecule has 0 radical (unpaired) electrons. The Morgan fingerprint density at radius 1 is 1.06 bits per heavy atom. The van der Waals surface area contributed by atoms with Gasteiger partial charge in [-0.25, -0.2) is 14.8 Å². The number of thiazole rings is 1. The molecule has 0 fully saturated rings. The van der Waals surface area contributed by atoms with E-state index in [2.05, 4.69) is 15.1 Å². The Hall–Kier alpha value is -3.76. The topological polar surface area (TPSA) is 96.6 Å². The van der Waals surface area contributed by atoms with Crippen molar-refractivity contribution >= 4 is 39.7 Å². The lowest BCUT2D eigenvalue weighted by atomic mass is 10.1. The van der Waals surface area contributed by atoms with Crippen LogP contribution >= 0.6 is 22.7 Å². The zero-order chi connectivity index (χ0) is 23.7. The maximum atomic E-state index is 13.1. The van der Waals surface area contributed by atoms with Crippen molar-refractivity contribution in [2.24, 2.45) is 0 Å². The Balaban J connectivity index is 1.37. The molecule has 4 aromatic heterocycles. The highest BCUT2D eigenvalue weighted by atomic mass is 32.1. The molecule has 0 bridgehead atoms. The maximum absolute atomic E-state index is 13.1. The van der Waals surface area contributed by atoms with E-state index in [4.69, 9.17) is 18.7 Å². The van der Waals surface area contributed by atoms with E-state index in [1.54, 1.807) is 27.2 Å². The number of thiophene rings is 1. The van der Waals surface area contributed by atoms with Crippen LogP contribution in [0.3, 0.4) is 0 Å². The van der Waals surface area contributed by atoms with Gasteiger partial charge in [-0.15, -0.1) is 22.7 Å². The molecule has 4 heterocycles. The van der Waals surface area contributed by atoms with Crippen molar-refractivity contribution in [3.05, 3.63) is 64.1 Å². The van der Waals surface area contributed by atoms with Gasteiger partial charge in [0.05, 0.1) is 47.1 Å². The third-order valence-electron chi connectivity index (χ3n) is 5.14. The van der Waals surface area contributed by atoms with E-state index in [1.165, 1.54) is 22.7 Å². The third kappa shape index (κ3) is 4.13. The summed E-state index contributed by atoms with van der Waals surface area (Å²) in [7, 11) is 3.18. The van der Waals surface area contributed by atoms with Crippen LogP contribution in [0.2, 0.25) is 0 Å². The van der Waals surface area contributed by atoms with E-state index in [9.17, 15) is 4.79 Å². The lowest BCUT2D eigenvalue weighted by Crippen LogP contribution is -2.07. The molecular formula is C24H19N3O5S2. The summed E-state index contributed by atoms with van der Waals surface area (Å²) in [6.45, 7) is 1.80. The summed E-state index contributed by atoms with van der Waals surface area (Å²) in [6.07, 6.45) is 0. The second kappa shape index (κ2) is 9.24. The van der Waals surface area contributed by atoms with E-state index in [-0.39, 0.29) is 6.61 Å². The minimum absolute atomic E-state index is 0.0328. The van der Waals surface area contributed by atoms with Crippen LogP contribution < -0.4 is 9.47 Å². The van der Waals surface area contributed by atoms with Crippen LogP contribution in [0.4, 0.5) is 0 Å².